The summed E-state index contributed by atoms with van der Waals surface area (Å²) in [5.41, 5.74) is 3.47. The molecule has 0 N–H and O–H groups in total. The van der Waals surface area contributed by atoms with Crippen LogP contribution < -0.4 is 0 Å². The second kappa shape index (κ2) is 10.3. The van der Waals surface area contributed by atoms with Gasteiger partial charge in [-0.3, -0.25) is 0 Å². The van der Waals surface area contributed by atoms with Crippen LogP contribution in [-0.2, 0) is 0 Å². The maximum Gasteiger partial charge on any atom is 0.194 e. The normalized spacial score (nSPS) is 11.7. The van der Waals surface area contributed by atoms with Crippen LogP contribution >= 0.6 is 0 Å². The minimum atomic E-state index is -1.54. The molecule has 0 aliphatic rings. The van der Waals surface area contributed by atoms with Gasteiger partial charge in [0.1, 0.15) is 0 Å². The molecule has 0 spiro atoms. The van der Waals surface area contributed by atoms with Crippen molar-refractivity contribution in [2.24, 2.45) is 0 Å². The van der Waals surface area contributed by atoms with Gasteiger partial charge in [-0.15, -0.1) is 0 Å². The van der Waals surface area contributed by atoms with Crippen molar-refractivity contribution in [1.29, 1.82) is 0 Å². The summed E-state index contributed by atoms with van der Waals surface area (Å²) in [4.78, 5) is 0. The highest BCUT2D eigenvalue weighted by Gasteiger charge is 2.21. The molecule has 216 valence electrons. The third kappa shape index (κ3) is 4.42. The highest BCUT2D eigenvalue weighted by molar-refractivity contribution is 6.22. The van der Waals surface area contributed by atoms with Crippen LogP contribution in [0.25, 0.3) is 76.5 Å². The van der Waals surface area contributed by atoms with Gasteiger partial charge in [-0.1, -0.05) is 84.9 Å². The molecular weight excluding hydrogens is 575 g/mol. The summed E-state index contributed by atoms with van der Waals surface area (Å²) in [6.07, 6.45) is 0. The lowest BCUT2D eigenvalue weighted by Crippen LogP contribution is -1.95. The Balaban J connectivity index is 1.54. The van der Waals surface area contributed by atoms with E-state index in [0.717, 1.165) is 50.2 Å². The first-order valence-electron chi connectivity index (χ1n) is 14.4. The standard InChI is InChI=1S/C40H21F5/c41-34-20-32-33(21-35(34)42)39(28-12-10-23-6-2-4-8-25(23)16-28)31-17-26(29-18-36(43)40(45)37(44)19-29)13-14-30(31)38(32)27-11-9-22-5-1-3-7-24(22)15-27/h1-21H. The Morgan fingerprint density at radius 1 is 0.289 bits per heavy atom. The molecule has 5 heteroatoms. The summed E-state index contributed by atoms with van der Waals surface area (Å²) in [6.45, 7) is 0. The van der Waals surface area contributed by atoms with Crippen LogP contribution in [0.5, 0.6) is 0 Å². The van der Waals surface area contributed by atoms with Gasteiger partial charge in [-0.2, -0.15) is 0 Å². The largest absolute Gasteiger partial charge is 0.204 e. The third-order valence-corrected chi connectivity index (χ3v) is 8.55. The first-order valence-corrected chi connectivity index (χ1v) is 14.4. The average molecular weight is 597 g/mol. The fourth-order valence-corrected chi connectivity index (χ4v) is 6.43. The molecule has 0 aliphatic heterocycles. The Hall–Kier alpha value is -5.55. The van der Waals surface area contributed by atoms with Gasteiger partial charge in [0.15, 0.2) is 29.1 Å². The number of rotatable bonds is 3. The Labute approximate surface area is 254 Å². The van der Waals surface area contributed by atoms with E-state index in [-0.39, 0.29) is 5.56 Å². The fourth-order valence-electron chi connectivity index (χ4n) is 6.43. The lowest BCUT2D eigenvalue weighted by Gasteiger charge is -2.20. The number of hydrogen-bond acceptors (Lipinski definition) is 0. The molecule has 0 radical (unpaired) electrons. The van der Waals surface area contributed by atoms with Gasteiger partial charge in [0.25, 0.3) is 0 Å². The monoisotopic (exact) mass is 596 g/mol. The summed E-state index contributed by atoms with van der Waals surface area (Å²) >= 11 is 0. The average Bonchev–Trinajstić information content (AvgIpc) is 3.06. The molecule has 0 nitrogen and oxygen atoms in total. The number of fused-ring (bicyclic) bond motifs is 4. The summed E-state index contributed by atoms with van der Waals surface area (Å²) in [5.74, 6) is -6.10. The Morgan fingerprint density at radius 3 is 1.27 bits per heavy atom. The van der Waals surface area contributed by atoms with Crippen molar-refractivity contribution in [3.8, 4) is 33.4 Å². The van der Waals surface area contributed by atoms with E-state index in [0.29, 0.717) is 32.8 Å². The molecule has 0 bridgehead atoms. The number of benzene rings is 8. The molecule has 8 aromatic carbocycles. The lowest BCUT2D eigenvalue weighted by molar-refractivity contribution is 0.448. The van der Waals surface area contributed by atoms with Crippen LogP contribution in [0.3, 0.4) is 0 Å². The Kier molecular flexibility index (Phi) is 6.17. The topological polar surface area (TPSA) is 0 Å². The van der Waals surface area contributed by atoms with Crippen LogP contribution in [0, 0.1) is 29.1 Å². The van der Waals surface area contributed by atoms with E-state index >= 15 is 8.78 Å². The molecule has 0 aromatic heterocycles. The molecule has 0 saturated carbocycles. The predicted molar refractivity (Wildman–Crippen MR) is 173 cm³/mol. The smallest absolute Gasteiger partial charge is 0.194 e. The molecule has 0 saturated heterocycles. The second-order valence-corrected chi connectivity index (χ2v) is 11.2. The summed E-state index contributed by atoms with van der Waals surface area (Å²) in [5, 5.41) is 6.37. The highest BCUT2D eigenvalue weighted by atomic mass is 19.2. The van der Waals surface area contributed by atoms with Crippen molar-refractivity contribution in [2.75, 3.05) is 0 Å². The van der Waals surface area contributed by atoms with Crippen molar-refractivity contribution in [1.82, 2.24) is 0 Å². The first kappa shape index (κ1) is 27.0. The van der Waals surface area contributed by atoms with E-state index in [1.165, 1.54) is 12.1 Å². The lowest BCUT2D eigenvalue weighted by atomic mass is 9.84. The molecular formula is C40H21F5. The second-order valence-electron chi connectivity index (χ2n) is 11.2. The molecule has 8 rings (SSSR count). The zero-order valence-corrected chi connectivity index (χ0v) is 23.5. The van der Waals surface area contributed by atoms with Crippen molar-refractivity contribution in [3.05, 3.63) is 156 Å². The van der Waals surface area contributed by atoms with Crippen molar-refractivity contribution < 1.29 is 22.0 Å². The molecule has 0 amide bonds. The molecule has 0 atom stereocenters. The molecule has 0 unspecified atom stereocenters. The maximum absolute atomic E-state index is 15.1. The van der Waals surface area contributed by atoms with E-state index in [1.54, 1.807) is 12.1 Å². The number of halogens is 5. The minimum absolute atomic E-state index is 0.149. The summed E-state index contributed by atoms with van der Waals surface area (Å²) in [7, 11) is 0. The van der Waals surface area contributed by atoms with E-state index in [1.807, 2.05) is 91.0 Å². The molecule has 45 heavy (non-hydrogen) atoms. The van der Waals surface area contributed by atoms with Gasteiger partial charge >= 0.3 is 0 Å². The minimum Gasteiger partial charge on any atom is -0.204 e. The van der Waals surface area contributed by atoms with Crippen molar-refractivity contribution in [2.45, 2.75) is 0 Å². The highest BCUT2D eigenvalue weighted by Crippen LogP contribution is 2.46. The maximum atomic E-state index is 15.1. The van der Waals surface area contributed by atoms with E-state index < -0.39 is 29.1 Å². The van der Waals surface area contributed by atoms with Crippen LogP contribution in [0.2, 0.25) is 0 Å². The van der Waals surface area contributed by atoms with Gasteiger partial charge in [-0.05, 0) is 119 Å². The Morgan fingerprint density at radius 2 is 0.733 bits per heavy atom. The van der Waals surface area contributed by atoms with Gasteiger partial charge in [-0.25, -0.2) is 22.0 Å². The first-order chi connectivity index (χ1) is 21.9. The Bertz CT molecular complexity index is 2470. The van der Waals surface area contributed by atoms with Crippen LogP contribution in [0.15, 0.2) is 127 Å². The van der Waals surface area contributed by atoms with Crippen molar-refractivity contribution >= 4 is 43.1 Å². The van der Waals surface area contributed by atoms with Crippen LogP contribution in [0.1, 0.15) is 0 Å². The number of hydrogen-bond donors (Lipinski definition) is 0. The van der Waals surface area contributed by atoms with Gasteiger partial charge in [0, 0.05) is 0 Å². The van der Waals surface area contributed by atoms with Crippen LogP contribution in [0.4, 0.5) is 22.0 Å². The molecule has 8 aromatic rings. The van der Waals surface area contributed by atoms with Gasteiger partial charge < -0.3 is 0 Å². The molecule has 0 heterocycles. The fraction of sp³-hybridized carbons (Fsp3) is 0. The molecule has 0 fully saturated rings. The molecule has 0 aliphatic carbocycles. The van der Waals surface area contributed by atoms with E-state index in [4.69, 9.17) is 0 Å². The summed E-state index contributed by atoms with van der Waals surface area (Å²) < 4.78 is 72.7. The summed E-state index contributed by atoms with van der Waals surface area (Å²) in [6, 6.07) is 37.2. The van der Waals surface area contributed by atoms with E-state index in [9.17, 15) is 13.2 Å². The van der Waals surface area contributed by atoms with Crippen LogP contribution in [-0.4, -0.2) is 0 Å². The van der Waals surface area contributed by atoms with Gasteiger partial charge in [0.05, 0.1) is 0 Å². The predicted octanol–water partition coefficient (Wildman–Crippen LogP) is 12.0. The van der Waals surface area contributed by atoms with E-state index in [2.05, 4.69) is 0 Å². The van der Waals surface area contributed by atoms with Gasteiger partial charge in [0.2, 0.25) is 0 Å². The zero-order valence-electron chi connectivity index (χ0n) is 23.5. The quantitative estimate of drug-likeness (QED) is 0.108. The SMILES string of the molecule is Fc1cc2c(-c3ccc4ccccc4c3)c3ccc(-c4cc(F)c(F)c(F)c4)cc3c(-c3ccc4ccccc4c3)c2cc1F. The zero-order chi connectivity index (χ0) is 30.8. The van der Waals surface area contributed by atoms with Crippen molar-refractivity contribution in [3.63, 3.8) is 0 Å². The third-order valence-electron chi connectivity index (χ3n) is 8.55.